The van der Waals surface area contributed by atoms with Crippen molar-refractivity contribution < 1.29 is 38.2 Å². The van der Waals surface area contributed by atoms with Gasteiger partial charge < -0.3 is 29.2 Å². The molecule has 0 radical (unpaired) electrons. The molecule has 12 heteroatoms. The third-order valence-corrected chi connectivity index (χ3v) is 8.01. The van der Waals surface area contributed by atoms with Crippen molar-refractivity contribution in [3.8, 4) is 0 Å². The predicted octanol–water partition coefficient (Wildman–Crippen LogP) is 4.55. The summed E-state index contributed by atoms with van der Waals surface area (Å²) in [6.45, 7) is 12.5. The van der Waals surface area contributed by atoms with Crippen molar-refractivity contribution in [2.75, 3.05) is 26.2 Å². The minimum absolute atomic E-state index is 0.0170. The largest absolute Gasteiger partial charge is 0.457 e. The van der Waals surface area contributed by atoms with Gasteiger partial charge in [-0.3, -0.25) is 15.0 Å². The second kappa shape index (κ2) is 16.2. The van der Waals surface area contributed by atoms with Gasteiger partial charge in [0.1, 0.15) is 24.1 Å². The number of alkyl carbamates (subject to hydrolysis) is 1. The van der Waals surface area contributed by atoms with Crippen LogP contribution in [0.5, 0.6) is 0 Å². The molecule has 2 aliphatic rings. The van der Waals surface area contributed by atoms with Gasteiger partial charge in [-0.2, -0.15) is 0 Å². The molecule has 12 nitrogen and oxygen atoms in total. The van der Waals surface area contributed by atoms with E-state index in [9.17, 15) is 24.0 Å². The molecule has 2 saturated heterocycles. The molecule has 2 N–H and O–H groups in total. The van der Waals surface area contributed by atoms with Gasteiger partial charge in [-0.1, -0.05) is 30.3 Å². The van der Waals surface area contributed by atoms with E-state index in [1.807, 2.05) is 51.1 Å². The molecule has 256 valence electrons. The van der Waals surface area contributed by atoms with Crippen molar-refractivity contribution in [1.82, 2.24) is 20.4 Å². The van der Waals surface area contributed by atoms with Crippen LogP contribution >= 0.6 is 0 Å². The fourth-order valence-corrected chi connectivity index (χ4v) is 5.74. The van der Waals surface area contributed by atoms with Crippen LogP contribution in [-0.2, 0) is 35.2 Å². The van der Waals surface area contributed by atoms with E-state index in [0.717, 1.165) is 18.4 Å². The van der Waals surface area contributed by atoms with Crippen LogP contribution in [0.25, 0.3) is 0 Å². The molecule has 0 saturated carbocycles. The van der Waals surface area contributed by atoms with Crippen LogP contribution in [-0.4, -0.2) is 89.2 Å². The zero-order chi connectivity index (χ0) is 34.0. The van der Waals surface area contributed by atoms with E-state index in [4.69, 9.17) is 14.2 Å². The molecule has 0 aliphatic carbocycles. The van der Waals surface area contributed by atoms with Crippen molar-refractivity contribution in [2.24, 2.45) is 5.92 Å². The summed E-state index contributed by atoms with van der Waals surface area (Å²) in [6, 6.07) is 8.82. The molecule has 2 heterocycles. The number of nitrogens with one attached hydrogen (secondary N) is 2. The molecule has 1 aromatic carbocycles. The van der Waals surface area contributed by atoms with E-state index in [1.165, 1.54) is 0 Å². The molecule has 3 amide bonds. The number of hydrogen-bond donors (Lipinski definition) is 2. The minimum atomic E-state index is -1.81. The molecular formula is C34H52N4O8. The monoisotopic (exact) mass is 644 g/mol. The van der Waals surface area contributed by atoms with Crippen LogP contribution in [0.15, 0.2) is 30.3 Å². The van der Waals surface area contributed by atoms with Gasteiger partial charge in [-0.25, -0.2) is 14.4 Å². The molecule has 2 fully saturated rings. The van der Waals surface area contributed by atoms with Gasteiger partial charge in [0.25, 0.3) is 0 Å². The van der Waals surface area contributed by atoms with E-state index < -0.39 is 28.9 Å². The van der Waals surface area contributed by atoms with E-state index in [2.05, 4.69) is 10.6 Å². The summed E-state index contributed by atoms with van der Waals surface area (Å²) in [5.41, 5.74) is -2.46. The maximum Gasteiger partial charge on any atom is 0.410 e. The highest BCUT2D eigenvalue weighted by molar-refractivity contribution is 5.88. The Morgan fingerprint density at radius 1 is 0.913 bits per heavy atom. The number of carbonyl (C=O) groups excluding carboxylic acids is 5. The van der Waals surface area contributed by atoms with Crippen LogP contribution < -0.4 is 10.6 Å². The first-order valence-electron chi connectivity index (χ1n) is 16.3. The highest BCUT2D eigenvalue weighted by Crippen LogP contribution is 2.27. The number of likely N-dealkylation sites (tertiary alicyclic amines) is 2. The second-order valence-corrected chi connectivity index (χ2v) is 14.2. The van der Waals surface area contributed by atoms with E-state index in [-0.39, 0.29) is 37.6 Å². The summed E-state index contributed by atoms with van der Waals surface area (Å²) >= 11 is 0. The van der Waals surface area contributed by atoms with Crippen molar-refractivity contribution >= 4 is 30.3 Å². The number of ether oxygens (including phenoxy) is 3. The first kappa shape index (κ1) is 36.8. The van der Waals surface area contributed by atoms with Gasteiger partial charge in [0, 0.05) is 38.6 Å². The van der Waals surface area contributed by atoms with Gasteiger partial charge in [0.2, 0.25) is 11.6 Å². The number of nitrogens with zero attached hydrogens (tertiary/aromatic N) is 2. The highest BCUT2D eigenvalue weighted by Gasteiger charge is 2.50. The number of carbonyl (C=O) groups is 5. The zero-order valence-electron chi connectivity index (χ0n) is 28.3. The smallest absolute Gasteiger partial charge is 0.410 e. The number of amides is 3. The van der Waals surface area contributed by atoms with Crippen LogP contribution in [0.4, 0.5) is 9.59 Å². The Morgan fingerprint density at radius 3 is 2.17 bits per heavy atom. The lowest BCUT2D eigenvalue weighted by Crippen LogP contribution is -2.69. The summed E-state index contributed by atoms with van der Waals surface area (Å²) in [6.07, 6.45) is 3.01. The molecule has 2 aliphatic heterocycles. The van der Waals surface area contributed by atoms with Gasteiger partial charge in [0.05, 0.1) is 6.42 Å². The number of hydrogen-bond acceptors (Lipinski definition) is 9. The van der Waals surface area contributed by atoms with Crippen LogP contribution in [0.2, 0.25) is 0 Å². The molecule has 0 bridgehead atoms. The Labute approximate surface area is 272 Å². The van der Waals surface area contributed by atoms with E-state index in [1.54, 1.807) is 30.6 Å². The quantitative estimate of drug-likeness (QED) is 0.202. The van der Waals surface area contributed by atoms with E-state index in [0.29, 0.717) is 57.5 Å². The topological polar surface area (TPSA) is 144 Å². The molecule has 0 spiro atoms. The van der Waals surface area contributed by atoms with Crippen LogP contribution in [0.3, 0.4) is 0 Å². The number of rotatable bonds is 11. The fourth-order valence-electron chi connectivity index (χ4n) is 5.74. The molecule has 1 aromatic rings. The Morgan fingerprint density at radius 2 is 1.57 bits per heavy atom. The van der Waals surface area contributed by atoms with Gasteiger partial charge in [0.15, 0.2) is 0 Å². The number of benzene rings is 1. The lowest BCUT2D eigenvalue weighted by Gasteiger charge is -2.45. The summed E-state index contributed by atoms with van der Waals surface area (Å²) in [7, 11) is 0. The first-order chi connectivity index (χ1) is 21.6. The summed E-state index contributed by atoms with van der Waals surface area (Å²) < 4.78 is 16.6. The van der Waals surface area contributed by atoms with Crippen molar-refractivity contribution in [3.63, 3.8) is 0 Å². The minimum Gasteiger partial charge on any atom is -0.457 e. The Balaban J connectivity index is 1.61. The van der Waals surface area contributed by atoms with Gasteiger partial charge in [-0.15, -0.1) is 0 Å². The summed E-state index contributed by atoms with van der Waals surface area (Å²) in [5, 5.41) is 5.76. The van der Waals surface area contributed by atoms with Gasteiger partial charge >= 0.3 is 18.2 Å². The molecule has 2 atom stereocenters. The summed E-state index contributed by atoms with van der Waals surface area (Å²) in [5.74, 6) is -0.547. The lowest BCUT2D eigenvalue weighted by molar-refractivity contribution is -0.175. The Kier molecular flexibility index (Phi) is 13.0. The molecule has 46 heavy (non-hydrogen) atoms. The number of aldehydes is 1. The third kappa shape index (κ3) is 11.6. The molecule has 3 rings (SSSR count). The standard InChI is InChI=1S/C34H52N4O8/c1-32(2,3)45-29(41)34(18-22-39,36-30(42)44-24-26-11-8-7-9-12-26)38-19-10-13-27(23-38)35-28(40)15-14-25-16-20-37(21-17-25)31(43)46-33(4,5)6/h7-9,11-12,22,25,27H,10,13-21,23-24H2,1-6H3,(H,35,40)(H,36,42)/t27?,34-/m0/s1. The van der Waals surface area contributed by atoms with Crippen molar-refractivity contribution in [2.45, 2.75) is 116 Å². The third-order valence-electron chi connectivity index (χ3n) is 8.01. The SMILES string of the molecule is CC(C)(C)OC(=O)N1CCC(CCC(=O)NC2CCCN([C@](CC=O)(NC(=O)OCc3ccccc3)C(=O)OC(C)(C)C)C2)CC1. The Hall–Kier alpha value is -3.67. The normalized spacial score (nSPS) is 19.3. The maximum atomic E-state index is 13.7. The lowest BCUT2D eigenvalue weighted by atomic mass is 9.92. The summed E-state index contributed by atoms with van der Waals surface area (Å²) in [4.78, 5) is 67.6. The van der Waals surface area contributed by atoms with Gasteiger partial charge in [-0.05, 0) is 85.1 Å². The Bertz CT molecular complexity index is 1190. The van der Waals surface area contributed by atoms with Crippen LogP contribution in [0.1, 0.15) is 92.1 Å². The van der Waals surface area contributed by atoms with Crippen molar-refractivity contribution in [1.29, 1.82) is 0 Å². The fraction of sp³-hybridized carbons (Fsp3) is 0.676. The predicted molar refractivity (Wildman–Crippen MR) is 172 cm³/mol. The average Bonchev–Trinajstić information content (AvgIpc) is 2.98. The average molecular weight is 645 g/mol. The molecular weight excluding hydrogens is 592 g/mol. The van der Waals surface area contributed by atoms with Crippen LogP contribution in [0, 0.1) is 5.92 Å². The molecule has 0 aromatic heterocycles. The van der Waals surface area contributed by atoms with Crippen molar-refractivity contribution in [3.05, 3.63) is 35.9 Å². The maximum absolute atomic E-state index is 13.7. The second-order valence-electron chi connectivity index (χ2n) is 14.2. The highest BCUT2D eigenvalue weighted by atomic mass is 16.6. The first-order valence-corrected chi connectivity index (χ1v) is 16.3. The zero-order valence-corrected chi connectivity index (χ0v) is 28.3. The molecule has 1 unspecified atom stereocenters. The van der Waals surface area contributed by atoms with E-state index >= 15 is 0 Å². The number of esters is 1. The number of piperidine rings is 2.